The second-order valence-electron chi connectivity index (χ2n) is 5.74. The number of carbonyl (C=O) groups excluding carboxylic acids is 1. The first-order valence-corrected chi connectivity index (χ1v) is 7.93. The molecule has 0 aliphatic rings. The molecule has 0 spiro atoms. The van der Waals surface area contributed by atoms with E-state index in [-0.39, 0.29) is 0 Å². The van der Waals surface area contributed by atoms with Crippen LogP contribution < -0.4 is 0 Å². The molecule has 2 aromatic heterocycles. The van der Waals surface area contributed by atoms with Gasteiger partial charge >= 0.3 is 5.97 Å². The molecule has 4 aromatic rings. The van der Waals surface area contributed by atoms with E-state index in [1.807, 2.05) is 40.8 Å². The zero-order valence-corrected chi connectivity index (χ0v) is 13.8. The van der Waals surface area contributed by atoms with Crippen molar-refractivity contribution in [3.05, 3.63) is 78.8 Å². The van der Waals surface area contributed by atoms with E-state index in [1.165, 1.54) is 7.11 Å². The lowest BCUT2D eigenvalue weighted by molar-refractivity contribution is 0.0594. The number of methoxy groups -OCH3 is 1. The minimum Gasteiger partial charge on any atom is -0.464 e. The van der Waals surface area contributed by atoms with Gasteiger partial charge in [-0.2, -0.15) is 0 Å². The standard InChI is InChI=1S/C21H16N2O2/c1-3-14-8-10-15(11-9-14)20-16-6-4-5-7-18(16)23-13-22-17(12-19(20)23)21(24)25-2/h3-13H,1H2,2H3. The molecular weight excluding hydrogens is 312 g/mol. The van der Waals surface area contributed by atoms with Crippen LogP contribution in [0, 0.1) is 0 Å². The van der Waals surface area contributed by atoms with Crippen molar-refractivity contribution < 1.29 is 9.53 Å². The molecular formula is C21H16N2O2. The fourth-order valence-electron chi connectivity index (χ4n) is 3.14. The number of carbonyl (C=O) groups is 1. The molecule has 0 saturated carbocycles. The average molecular weight is 328 g/mol. The summed E-state index contributed by atoms with van der Waals surface area (Å²) in [5, 5.41) is 1.11. The summed E-state index contributed by atoms with van der Waals surface area (Å²) in [6, 6.07) is 18.1. The number of esters is 1. The molecule has 4 heteroatoms. The summed E-state index contributed by atoms with van der Waals surface area (Å²) in [4.78, 5) is 16.1. The number of rotatable bonds is 3. The fourth-order valence-corrected chi connectivity index (χ4v) is 3.14. The van der Waals surface area contributed by atoms with Gasteiger partial charge in [0.05, 0.1) is 18.1 Å². The smallest absolute Gasteiger partial charge is 0.356 e. The third kappa shape index (κ3) is 2.39. The second kappa shape index (κ2) is 5.91. The predicted octanol–water partition coefficient (Wildman–Crippen LogP) is 4.58. The fraction of sp³-hybridized carbons (Fsp3) is 0.0476. The third-order valence-corrected chi connectivity index (χ3v) is 4.36. The zero-order chi connectivity index (χ0) is 17.4. The van der Waals surface area contributed by atoms with Crippen molar-refractivity contribution in [3.63, 3.8) is 0 Å². The van der Waals surface area contributed by atoms with Gasteiger partial charge in [0.15, 0.2) is 5.69 Å². The molecule has 0 bridgehead atoms. The zero-order valence-electron chi connectivity index (χ0n) is 13.8. The summed E-state index contributed by atoms with van der Waals surface area (Å²) in [5.41, 5.74) is 5.47. The summed E-state index contributed by atoms with van der Waals surface area (Å²) in [5.74, 6) is -0.444. The van der Waals surface area contributed by atoms with Crippen LogP contribution in [-0.4, -0.2) is 22.5 Å². The van der Waals surface area contributed by atoms with Crippen molar-refractivity contribution in [2.24, 2.45) is 0 Å². The average Bonchev–Trinajstić information content (AvgIpc) is 3.01. The van der Waals surface area contributed by atoms with Crippen molar-refractivity contribution in [1.29, 1.82) is 0 Å². The Morgan fingerprint density at radius 1 is 1.12 bits per heavy atom. The van der Waals surface area contributed by atoms with Crippen LogP contribution in [0.2, 0.25) is 0 Å². The number of ether oxygens (including phenoxy) is 1. The first-order valence-electron chi connectivity index (χ1n) is 7.93. The monoisotopic (exact) mass is 328 g/mol. The lowest BCUT2D eigenvalue weighted by Crippen LogP contribution is -2.05. The van der Waals surface area contributed by atoms with Crippen molar-refractivity contribution in [2.45, 2.75) is 0 Å². The third-order valence-electron chi connectivity index (χ3n) is 4.36. The highest BCUT2D eigenvalue weighted by Gasteiger charge is 2.16. The van der Waals surface area contributed by atoms with Crippen LogP contribution in [-0.2, 0) is 4.74 Å². The normalized spacial score (nSPS) is 10.9. The molecule has 0 fully saturated rings. The summed E-state index contributed by atoms with van der Waals surface area (Å²) in [7, 11) is 1.36. The summed E-state index contributed by atoms with van der Waals surface area (Å²) >= 11 is 0. The maximum atomic E-state index is 11.9. The molecule has 0 amide bonds. The minimum atomic E-state index is -0.444. The highest BCUT2D eigenvalue weighted by atomic mass is 16.5. The Balaban J connectivity index is 2.07. The Morgan fingerprint density at radius 2 is 1.88 bits per heavy atom. The van der Waals surface area contributed by atoms with Crippen molar-refractivity contribution in [2.75, 3.05) is 7.11 Å². The van der Waals surface area contributed by atoms with E-state index in [0.29, 0.717) is 5.69 Å². The van der Waals surface area contributed by atoms with Gasteiger partial charge in [-0.15, -0.1) is 0 Å². The number of fused-ring (bicyclic) bond motifs is 3. The van der Waals surface area contributed by atoms with Crippen LogP contribution in [0.25, 0.3) is 33.6 Å². The van der Waals surface area contributed by atoms with E-state index in [9.17, 15) is 4.79 Å². The molecule has 0 atom stereocenters. The van der Waals surface area contributed by atoms with Gasteiger partial charge in [-0.3, -0.25) is 4.40 Å². The largest absolute Gasteiger partial charge is 0.464 e. The molecule has 0 aliphatic heterocycles. The number of aromatic nitrogens is 2. The van der Waals surface area contributed by atoms with Crippen molar-refractivity contribution in [3.8, 4) is 11.1 Å². The lowest BCUT2D eigenvalue weighted by Gasteiger charge is -2.04. The molecule has 25 heavy (non-hydrogen) atoms. The maximum absolute atomic E-state index is 11.9. The SMILES string of the molecule is C=Cc1ccc(-c2c3ccccc3n3cnc(C(=O)OC)cc23)cc1. The summed E-state index contributed by atoms with van der Waals surface area (Å²) in [6.07, 6.45) is 3.49. The Morgan fingerprint density at radius 3 is 2.60 bits per heavy atom. The van der Waals surface area contributed by atoms with E-state index in [4.69, 9.17) is 4.74 Å². The molecule has 0 aliphatic carbocycles. The molecule has 0 N–H and O–H groups in total. The van der Waals surface area contributed by atoms with Crippen LogP contribution >= 0.6 is 0 Å². The highest BCUT2D eigenvalue weighted by Crippen LogP contribution is 2.35. The minimum absolute atomic E-state index is 0.293. The summed E-state index contributed by atoms with van der Waals surface area (Å²) < 4.78 is 6.81. The Bertz CT molecular complexity index is 1110. The van der Waals surface area contributed by atoms with Crippen molar-refractivity contribution in [1.82, 2.24) is 9.38 Å². The summed E-state index contributed by atoms with van der Waals surface area (Å²) in [6.45, 7) is 3.80. The highest BCUT2D eigenvalue weighted by molar-refractivity contribution is 6.06. The molecule has 0 unspecified atom stereocenters. The van der Waals surface area contributed by atoms with Crippen LogP contribution in [0.5, 0.6) is 0 Å². The van der Waals surface area contributed by atoms with Crippen LogP contribution in [0.1, 0.15) is 16.1 Å². The predicted molar refractivity (Wildman–Crippen MR) is 99.6 cm³/mol. The Hall–Kier alpha value is -3.40. The van der Waals surface area contributed by atoms with Gasteiger partial charge in [0.25, 0.3) is 0 Å². The molecule has 0 saturated heterocycles. The number of hydrogen-bond donors (Lipinski definition) is 0. The lowest BCUT2D eigenvalue weighted by atomic mass is 10.0. The van der Waals surface area contributed by atoms with E-state index in [0.717, 1.165) is 33.1 Å². The van der Waals surface area contributed by atoms with Crippen LogP contribution in [0.3, 0.4) is 0 Å². The molecule has 122 valence electrons. The number of para-hydroxylation sites is 1. The first kappa shape index (κ1) is 15.1. The number of benzene rings is 2. The van der Waals surface area contributed by atoms with E-state index in [2.05, 4.69) is 29.8 Å². The van der Waals surface area contributed by atoms with Crippen LogP contribution in [0.4, 0.5) is 0 Å². The number of nitrogens with zero attached hydrogens (tertiary/aromatic N) is 2. The van der Waals surface area contributed by atoms with Gasteiger partial charge in [-0.25, -0.2) is 9.78 Å². The van der Waals surface area contributed by atoms with E-state index in [1.54, 1.807) is 12.4 Å². The van der Waals surface area contributed by atoms with Gasteiger partial charge < -0.3 is 4.74 Å². The number of hydrogen-bond acceptors (Lipinski definition) is 3. The van der Waals surface area contributed by atoms with Gasteiger partial charge in [0, 0.05) is 10.9 Å². The maximum Gasteiger partial charge on any atom is 0.356 e. The molecule has 0 radical (unpaired) electrons. The van der Waals surface area contributed by atoms with Crippen LogP contribution in [0.15, 0.2) is 67.5 Å². The topological polar surface area (TPSA) is 43.6 Å². The van der Waals surface area contributed by atoms with Gasteiger partial charge in [-0.1, -0.05) is 55.1 Å². The molecule has 2 heterocycles. The quantitative estimate of drug-likeness (QED) is 0.517. The van der Waals surface area contributed by atoms with Gasteiger partial charge in [-0.05, 0) is 23.3 Å². The second-order valence-corrected chi connectivity index (χ2v) is 5.74. The molecule has 4 nitrogen and oxygen atoms in total. The molecule has 4 rings (SSSR count). The van der Waals surface area contributed by atoms with E-state index >= 15 is 0 Å². The Labute approximate surface area is 145 Å². The van der Waals surface area contributed by atoms with Gasteiger partial charge in [0.1, 0.15) is 6.33 Å². The Kier molecular flexibility index (Phi) is 3.58. The molecule has 2 aromatic carbocycles. The first-order chi connectivity index (χ1) is 12.2. The van der Waals surface area contributed by atoms with Crippen molar-refractivity contribution >= 4 is 28.5 Å². The van der Waals surface area contributed by atoms with E-state index < -0.39 is 5.97 Å². The van der Waals surface area contributed by atoms with Gasteiger partial charge in [0.2, 0.25) is 0 Å².